The molecule has 22 heavy (non-hydrogen) atoms. The van der Waals surface area contributed by atoms with E-state index in [1.54, 1.807) is 0 Å². The van der Waals surface area contributed by atoms with Crippen LogP contribution in [0.4, 0.5) is 4.79 Å². The van der Waals surface area contributed by atoms with Crippen LogP contribution in [-0.2, 0) is 10.0 Å². The molecule has 122 valence electrons. The SMILES string of the molecule is CC1C[C@@H](O)C[N+]1(C(=O)O)S(=O)(=O)c1cc(Cl)cc(Br)c1O. The zero-order valence-electron chi connectivity index (χ0n) is 11.4. The number of carboxylic acid groups (broad SMARTS) is 1. The van der Waals surface area contributed by atoms with Crippen molar-refractivity contribution in [3.8, 4) is 5.75 Å². The molecule has 1 saturated heterocycles. The number of hydrogen-bond acceptors (Lipinski definition) is 5. The van der Waals surface area contributed by atoms with Gasteiger partial charge in [-0.1, -0.05) is 11.6 Å². The van der Waals surface area contributed by atoms with E-state index >= 15 is 0 Å². The van der Waals surface area contributed by atoms with Gasteiger partial charge in [0, 0.05) is 11.4 Å². The van der Waals surface area contributed by atoms with Crippen molar-refractivity contribution in [2.45, 2.75) is 30.4 Å². The number of quaternary nitrogens is 1. The highest BCUT2D eigenvalue weighted by molar-refractivity contribution is 9.10. The lowest BCUT2D eigenvalue weighted by Gasteiger charge is -2.30. The Kier molecular flexibility index (Phi) is 4.48. The Balaban J connectivity index is 2.75. The fourth-order valence-corrected chi connectivity index (χ4v) is 5.87. The van der Waals surface area contributed by atoms with Crippen LogP contribution in [0.25, 0.3) is 0 Å². The predicted molar refractivity (Wildman–Crippen MR) is 81.2 cm³/mol. The molecule has 1 heterocycles. The second kappa shape index (κ2) is 5.64. The van der Waals surface area contributed by atoms with Crippen LogP contribution in [0.5, 0.6) is 5.75 Å². The highest BCUT2D eigenvalue weighted by atomic mass is 79.9. The van der Waals surface area contributed by atoms with Gasteiger partial charge in [0.2, 0.25) is 0 Å². The third kappa shape index (κ3) is 2.41. The van der Waals surface area contributed by atoms with Gasteiger partial charge in [-0.05, 0) is 35.0 Å². The van der Waals surface area contributed by atoms with Crippen LogP contribution in [0.1, 0.15) is 13.3 Å². The lowest BCUT2D eigenvalue weighted by molar-refractivity contribution is -0.743. The Labute approximate surface area is 140 Å². The third-order valence-electron chi connectivity index (χ3n) is 3.83. The maximum Gasteiger partial charge on any atom is 0.529 e. The molecule has 1 fully saturated rings. The Morgan fingerprint density at radius 1 is 1.45 bits per heavy atom. The van der Waals surface area contributed by atoms with Crippen molar-refractivity contribution >= 4 is 43.6 Å². The second-order valence-electron chi connectivity index (χ2n) is 5.21. The van der Waals surface area contributed by atoms with Gasteiger partial charge in [-0.15, -0.1) is 3.89 Å². The number of sulfonamides is 1. The van der Waals surface area contributed by atoms with Crippen molar-refractivity contribution in [3.05, 3.63) is 21.6 Å². The molecule has 1 aromatic rings. The van der Waals surface area contributed by atoms with Crippen molar-refractivity contribution in [2.24, 2.45) is 0 Å². The Hall–Kier alpha value is -0.870. The van der Waals surface area contributed by atoms with Crippen LogP contribution >= 0.6 is 27.5 Å². The molecule has 2 rings (SSSR count). The average Bonchev–Trinajstić information content (AvgIpc) is 2.70. The molecule has 3 atom stereocenters. The van der Waals surface area contributed by atoms with Crippen molar-refractivity contribution in [1.82, 2.24) is 0 Å². The Bertz CT molecular complexity index is 739. The van der Waals surface area contributed by atoms with Gasteiger partial charge in [0.25, 0.3) is 0 Å². The molecule has 10 heteroatoms. The number of halogens is 2. The lowest BCUT2D eigenvalue weighted by Crippen LogP contribution is -2.58. The normalized spacial score (nSPS) is 28.7. The Morgan fingerprint density at radius 3 is 2.50 bits per heavy atom. The van der Waals surface area contributed by atoms with Crippen molar-refractivity contribution in [1.29, 1.82) is 0 Å². The molecule has 0 radical (unpaired) electrons. The molecule has 0 aliphatic carbocycles. The lowest BCUT2D eigenvalue weighted by atomic mass is 10.2. The number of phenolic OH excluding ortho intramolecular Hbond substituents is 1. The summed E-state index contributed by atoms with van der Waals surface area (Å²) in [4.78, 5) is 11.1. The summed E-state index contributed by atoms with van der Waals surface area (Å²) in [7, 11) is -4.54. The van der Waals surface area contributed by atoms with E-state index in [1.165, 1.54) is 13.0 Å². The highest BCUT2D eigenvalue weighted by Crippen LogP contribution is 2.42. The molecule has 1 amide bonds. The number of amides is 1. The van der Waals surface area contributed by atoms with Crippen LogP contribution < -0.4 is 0 Å². The van der Waals surface area contributed by atoms with Gasteiger partial charge in [-0.25, -0.2) is 0 Å². The molecule has 2 unspecified atom stereocenters. The van der Waals surface area contributed by atoms with E-state index in [4.69, 9.17) is 11.6 Å². The van der Waals surface area contributed by atoms with E-state index in [0.717, 1.165) is 6.07 Å². The maximum absolute atomic E-state index is 12.9. The summed E-state index contributed by atoms with van der Waals surface area (Å²) in [6, 6.07) is 1.41. The quantitative estimate of drug-likeness (QED) is 0.638. The second-order valence-corrected chi connectivity index (χ2v) is 8.54. The molecule has 0 spiro atoms. The zero-order chi connectivity index (χ0) is 16.9. The summed E-state index contributed by atoms with van der Waals surface area (Å²) in [6.45, 7) is 0.931. The number of benzene rings is 1. The van der Waals surface area contributed by atoms with Gasteiger partial charge in [0.05, 0.1) is 4.47 Å². The van der Waals surface area contributed by atoms with Crippen LogP contribution in [0.3, 0.4) is 0 Å². The van der Waals surface area contributed by atoms with E-state index < -0.39 is 49.3 Å². The average molecular weight is 416 g/mol. The van der Waals surface area contributed by atoms with E-state index in [9.17, 15) is 28.5 Å². The van der Waals surface area contributed by atoms with Crippen LogP contribution in [-0.4, -0.2) is 52.4 Å². The van der Waals surface area contributed by atoms with Crippen molar-refractivity contribution in [3.63, 3.8) is 0 Å². The van der Waals surface area contributed by atoms with E-state index in [2.05, 4.69) is 15.9 Å². The summed E-state index contributed by atoms with van der Waals surface area (Å²) in [5.41, 5.74) is 0. The molecule has 0 aromatic heterocycles. The van der Waals surface area contributed by atoms with Crippen LogP contribution in [0.15, 0.2) is 21.5 Å². The minimum Gasteiger partial charge on any atom is -0.505 e. The third-order valence-corrected chi connectivity index (χ3v) is 7.04. The molecule has 0 bridgehead atoms. The van der Waals surface area contributed by atoms with Gasteiger partial charge in [0.15, 0.2) is 10.6 Å². The number of aliphatic hydroxyl groups is 1. The van der Waals surface area contributed by atoms with Crippen LogP contribution in [0.2, 0.25) is 5.02 Å². The number of aromatic hydroxyl groups is 1. The number of rotatable bonds is 2. The number of phenols is 1. The molecular weight excluding hydrogens is 402 g/mol. The first kappa shape index (κ1) is 17.5. The van der Waals surface area contributed by atoms with Crippen LogP contribution in [0, 0.1) is 0 Å². The highest BCUT2D eigenvalue weighted by Gasteiger charge is 2.61. The molecule has 3 N–H and O–H groups in total. The standard InChI is InChI=1S/C12H13BrClNO6S/c1-6-2-8(16)5-15(6,12(18)19)22(20,21)10-4-7(14)3-9(13)11(10)17/h3-4,6,8,16H,2,5H2,1H3,(H-,17,18,19)/p+1/t6?,8-,15?/m1/s1. The number of carbonyl (C=O) groups is 1. The topological polar surface area (TPSA) is 112 Å². The number of aliphatic hydroxyl groups excluding tert-OH is 1. The van der Waals surface area contributed by atoms with E-state index in [1.807, 2.05) is 0 Å². The molecule has 1 aliphatic heterocycles. The molecule has 1 aromatic carbocycles. The Morgan fingerprint density at radius 2 is 2.05 bits per heavy atom. The summed E-state index contributed by atoms with van der Waals surface area (Å²) in [6.07, 6.45) is -2.65. The summed E-state index contributed by atoms with van der Waals surface area (Å²) >= 11 is 8.79. The van der Waals surface area contributed by atoms with Gasteiger partial charge >= 0.3 is 16.1 Å². The van der Waals surface area contributed by atoms with E-state index in [0.29, 0.717) is 0 Å². The van der Waals surface area contributed by atoms with Crippen molar-refractivity contribution in [2.75, 3.05) is 6.54 Å². The summed E-state index contributed by atoms with van der Waals surface area (Å²) in [5, 5.41) is 29.3. The van der Waals surface area contributed by atoms with Gasteiger partial charge in [-0.2, -0.15) is 13.2 Å². The molecular formula is C12H14BrClNO6S+. The first-order valence-electron chi connectivity index (χ1n) is 6.26. The summed E-state index contributed by atoms with van der Waals surface area (Å²) < 4.78 is 24.5. The number of likely N-dealkylation sites (tertiary alicyclic amines) is 1. The molecule has 7 nitrogen and oxygen atoms in total. The zero-order valence-corrected chi connectivity index (χ0v) is 14.6. The fourth-order valence-electron chi connectivity index (χ4n) is 2.75. The smallest absolute Gasteiger partial charge is 0.505 e. The minimum absolute atomic E-state index is 0.0219. The van der Waals surface area contributed by atoms with Gasteiger partial charge in [0.1, 0.15) is 18.7 Å². The predicted octanol–water partition coefficient (Wildman–Crippen LogP) is 2.14. The largest absolute Gasteiger partial charge is 0.529 e. The number of nitrogens with zero attached hydrogens (tertiary/aromatic N) is 1. The monoisotopic (exact) mass is 414 g/mol. The number of hydrogen-bond donors (Lipinski definition) is 3. The minimum atomic E-state index is -4.54. The van der Waals surface area contributed by atoms with Gasteiger partial charge < -0.3 is 15.3 Å². The first-order chi connectivity index (χ1) is 10.0. The molecule has 1 aliphatic rings. The maximum atomic E-state index is 12.9. The summed E-state index contributed by atoms with van der Waals surface area (Å²) in [5.74, 6) is -0.614. The van der Waals surface area contributed by atoms with Gasteiger partial charge in [-0.3, -0.25) is 0 Å². The van der Waals surface area contributed by atoms with Crippen molar-refractivity contribution < 1.29 is 32.4 Å². The first-order valence-corrected chi connectivity index (χ1v) is 8.87. The fraction of sp³-hybridized carbons (Fsp3) is 0.417. The molecule has 0 saturated carbocycles. The van der Waals surface area contributed by atoms with E-state index in [-0.39, 0.29) is 15.9 Å².